The standard InChI is InChI=1S/C24H23N5O/c1-14-6-9-19(12-15(14)2)29-17(4)16(3)21-23(29)25-13-28-24(21)26-22(27-28)18-7-10-20(30-5)11-8-18/h6-13H,1-5H3. The fourth-order valence-corrected chi connectivity index (χ4v) is 3.90. The van der Waals surface area contributed by atoms with Gasteiger partial charge in [-0.2, -0.15) is 0 Å². The molecule has 0 atom stereocenters. The van der Waals surface area contributed by atoms with Gasteiger partial charge in [-0.3, -0.25) is 4.57 Å². The molecule has 0 amide bonds. The Balaban J connectivity index is 1.74. The third-order valence-electron chi connectivity index (χ3n) is 5.93. The van der Waals surface area contributed by atoms with Crippen LogP contribution in [0, 0.1) is 27.7 Å². The lowest BCUT2D eigenvalue weighted by Crippen LogP contribution is -2.00. The molecule has 0 saturated heterocycles. The maximum atomic E-state index is 5.25. The van der Waals surface area contributed by atoms with E-state index in [1.165, 1.54) is 11.1 Å². The zero-order valence-corrected chi connectivity index (χ0v) is 17.8. The summed E-state index contributed by atoms with van der Waals surface area (Å²) < 4.78 is 9.22. The number of nitrogens with zero attached hydrogens (tertiary/aromatic N) is 5. The second kappa shape index (κ2) is 6.69. The van der Waals surface area contributed by atoms with Crippen molar-refractivity contribution in [1.29, 1.82) is 0 Å². The van der Waals surface area contributed by atoms with Crippen molar-refractivity contribution >= 4 is 16.7 Å². The third kappa shape index (κ3) is 2.68. The predicted octanol–water partition coefficient (Wildman–Crippen LogP) is 4.98. The van der Waals surface area contributed by atoms with Crippen LogP contribution in [0.25, 0.3) is 33.8 Å². The first-order chi connectivity index (χ1) is 14.5. The highest BCUT2D eigenvalue weighted by Gasteiger charge is 2.19. The van der Waals surface area contributed by atoms with E-state index >= 15 is 0 Å². The third-order valence-corrected chi connectivity index (χ3v) is 5.93. The molecule has 0 aliphatic carbocycles. The summed E-state index contributed by atoms with van der Waals surface area (Å²) in [5.74, 6) is 1.48. The summed E-state index contributed by atoms with van der Waals surface area (Å²) in [6, 6.07) is 14.3. The van der Waals surface area contributed by atoms with E-state index < -0.39 is 0 Å². The van der Waals surface area contributed by atoms with Crippen LogP contribution in [-0.2, 0) is 0 Å². The van der Waals surface area contributed by atoms with Crippen LogP contribution in [0.15, 0.2) is 48.8 Å². The molecule has 0 spiro atoms. The lowest BCUT2D eigenvalue weighted by molar-refractivity contribution is 0.415. The highest BCUT2D eigenvalue weighted by atomic mass is 16.5. The number of rotatable bonds is 3. The average molecular weight is 397 g/mol. The Morgan fingerprint density at radius 2 is 1.63 bits per heavy atom. The summed E-state index contributed by atoms with van der Waals surface area (Å²) in [7, 11) is 1.66. The minimum Gasteiger partial charge on any atom is -0.497 e. The van der Waals surface area contributed by atoms with E-state index in [1.807, 2.05) is 24.3 Å². The van der Waals surface area contributed by atoms with Crippen molar-refractivity contribution < 1.29 is 4.74 Å². The molecule has 5 rings (SSSR count). The van der Waals surface area contributed by atoms with Gasteiger partial charge in [0.05, 0.1) is 12.5 Å². The number of hydrogen-bond acceptors (Lipinski definition) is 4. The Morgan fingerprint density at radius 1 is 0.867 bits per heavy atom. The van der Waals surface area contributed by atoms with Gasteiger partial charge in [-0.05, 0) is 80.8 Å². The number of aryl methyl sites for hydroxylation is 3. The molecule has 0 aliphatic rings. The fraction of sp³-hybridized carbons (Fsp3) is 0.208. The van der Waals surface area contributed by atoms with Gasteiger partial charge in [-0.15, -0.1) is 5.10 Å². The molecule has 0 N–H and O–H groups in total. The number of fused-ring (bicyclic) bond motifs is 3. The quantitative estimate of drug-likeness (QED) is 0.431. The van der Waals surface area contributed by atoms with Crippen molar-refractivity contribution in [3.63, 3.8) is 0 Å². The Hall–Kier alpha value is -3.67. The number of ether oxygens (including phenoxy) is 1. The highest BCUT2D eigenvalue weighted by molar-refractivity contribution is 5.95. The Labute approximate surface area is 174 Å². The zero-order chi connectivity index (χ0) is 21.0. The minimum atomic E-state index is 0.669. The van der Waals surface area contributed by atoms with Gasteiger partial charge in [0.1, 0.15) is 12.1 Å². The van der Waals surface area contributed by atoms with Crippen molar-refractivity contribution in [2.75, 3.05) is 7.11 Å². The monoisotopic (exact) mass is 397 g/mol. The largest absolute Gasteiger partial charge is 0.497 e. The van der Waals surface area contributed by atoms with Gasteiger partial charge >= 0.3 is 0 Å². The van der Waals surface area contributed by atoms with Crippen molar-refractivity contribution in [2.24, 2.45) is 0 Å². The summed E-state index contributed by atoms with van der Waals surface area (Å²) in [6.07, 6.45) is 1.74. The molecule has 0 unspecified atom stereocenters. The van der Waals surface area contributed by atoms with Gasteiger partial charge in [-0.25, -0.2) is 14.5 Å². The van der Waals surface area contributed by atoms with Crippen LogP contribution in [0.2, 0.25) is 0 Å². The van der Waals surface area contributed by atoms with Crippen LogP contribution in [0.3, 0.4) is 0 Å². The van der Waals surface area contributed by atoms with Gasteiger partial charge in [0.15, 0.2) is 17.1 Å². The second-order valence-electron chi connectivity index (χ2n) is 7.69. The zero-order valence-electron chi connectivity index (χ0n) is 17.8. The number of benzene rings is 2. The molecule has 6 heteroatoms. The first-order valence-electron chi connectivity index (χ1n) is 9.93. The van der Waals surface area contributed by atoms with Crippen molar-refractivity contribution in [2.45, 2.75) is 27.7 Å². The molecule has 0 aliphatic heterocycles. The summed E-state index contributed by atoms with van der Waals surface area (Å²) in [4.78, 5) is 9.62. The Kier molecular flexibility index (Phi) is 4.10. The molecular formula is C24H23N5O. The summed E-state index contributed by atoms with van der Waals surface area (Å²) in [6.45, 7) is 8.52. The van der Waals surface area contributed by atoms with Crippen LogP contribution in [0.4, 0.5) is 0 Å². The van der Waals surface area contributed by atoms with Crippen LogP contribution in [0.1, 0.15) is 22.4 Å². The van der Waals surface area contributed by atoms with E-state index in [9.17, 15) is 0 Å². The van der Waals surface area contributed by atoms with E-state index in [4.69, 9.17) is 14.7 Å². The number of aromatic nitrogens is 5. The van der Waals surface area contributed by atoms with Crippen molar-refractivity contribution in [3.05, 3.63) is 71.2 Å². The van der Waals surface area contributed by atoms with E-state index in [-0.39, 0.29) is 0 Å². The lowest BCUT2D eigenvalue weighted by atomic mass is 10.1. The fourth-order valence-electron chi connectivity index (χ4n) is 3.90. The average Bonchev–Trinajstić information content (AvgIpc) is 3.29. The van der Waals surface area contributed by atoms with Gasteiger partial charge in [-0.1, -0.05) is 6.07 Å². The highest BCUT2D eigenvalue weighted by Crippen LogP contribution is 2.31. The minimum absolute atomic E-state index is 0.669. The molecule has 2 aromatic carbocycles. The SMILES string of the molecule is COc1ccc(-c2nc3c4c(C)c(C)n(-c5ccc(C)c(C)c5)c4ncn3n2)cc1. The normalized spacial score (nSPS) is 11.5. The molecule has 5 aromatic rings. The number of methoxy groups -OCH3 is 1. The van der Waals surface area contributed by atoms with Crippen molar-refractivity contribution in [1.82, 2.24) is 24.1 Å². The molecule has 0 radical (unpaired) electrons. The van der Waals surface area contributed by atoms with E-state index in [1.54, 1.807) is 18.0 Å². The molecule has 6 nitrogen and oxygen atoms in total. The molecule has 30 heavy (non-hydrogen) atoms. The van der Waals surface area contributed by atoms with Gasteiger partial charge < -0.3 is 4.74 Å². The van der Waals surface area contributed by atoms with Gasteiger partial charge in [0.2, 0.25) is 0 Å². The maximum absolute atomic E-state index is 5.25. The maximum Gasteiger partial charge on any atom is 0.182 e. The molecule has 3 aromatic heterocycles. The van der Waals surface area contributed by atoms with Crippen LogP contribution in [0.5, 0.6) is 5.75 Å². The molecule has 150 valence electrons. The second-order valence-corrected chi connectivity index (χ2v) is 7.69. The molecular weight excluding hydrogens is 374 g/mol. The molecule has 0 bridgehead atoms. The summed E-state index contributed by atoms with van der Waals surface area (Å²) in [5.41, 5.74) is 8.62. The summed E-state index contributed by atoms with van der Waals surface area (Å²) >= 11 is 0. The van der Waals surface area contributed by atoms with Crippen LogP contribution >= 0.6 is 0 Å². The molecule has 0 fully saturated rings. The van der Waals surface area contributed by atoms with Crippen LogP contribution < -0.4 is 4.74 Å². The Morgan fingerprint density at radius 3 is 2.33 bits per heavy atom. The Bertz CT molecular complexity index is 1410. The first kappa shape index (κ1) is 18.4. The number of hydrogen-bond donors (Lipinski definition) is 0. The first-order valence-corrected chi connectivity index (χ1v) is 9.93. The summed E-state index contributed by atoms with van der Waals surface area (Å²) in [5, 5.41) is 5.69. The van der Waals surface area contributed by atoms with E-state index in [0.29, 0.717) is 5.82 Å². The predicted molar refractivity (Wildman–Crippen MR) is 119 cm³/mol. The lowest BCUT2D eigenvalue weighted by Gasteiger charge is -2.10. The van der Waals surface area contributed by atoms with E-state index in [0.717, 1.165) is 44.9 Å². The smallest absolute Gasteiger partial charge is 0.182 e. The molecule has 0 saturated carbocycles. The topological polar surface area (TPSA) is 57.2 Å². The molecule has 3 heterocycles. The van der Waals surface area contributed by atoms with E-state index in [2.05, 4.69) is 55.6 Å². The van der Waals surface area contributed by atoms with Gasteiger partial charge in [0.25, 0.3) is 0 Å². The van der Waals surface area contributed by atoms with Crippen molar-refractivity contribution in [3.8, 4) is 22.8 Å². The van der Waals surface area contributed by atoms with Gasteiger partial charge in [0, 0.05) is 16.9 Å². The van der Waals surface area contributed by atoms with Crippen LogP contribution in [-0.4, -0.2) is 31.3 Å².